The summed E-state index contributed by atoms with van der Waals surface area (Å²) in [4.78, 5) is 2.47. The molecule has 0 bridgehead atoms. The second kappa shape index (κ2) is 7.24. The standard InChI is InChI=1S/C12H28N2/c1-5-12(2,3)14(4)11-9-7-6-8-10-13/h5-11,13H2,1-4H3. The van der Waals surface area contributed by atoms with Crippen molar-refractivity contribution in [1.82, 2.24) is 4.90 Å². The summed E-state index contributed by atoms with van der Waals surface area (Å²) in [6.07, 6.45) is 6.31. The molecule has 2 nitrogen and oxygen atoms in total. The molecule has 0 rings (SSSR count). The van der Waals surface area contributed by atoms with Gasteiger partial charge in [0.2, 0.25) is 0 Å². The van der Waals surface area contributed by atoms with Crippen LogP contribution in [0, 0.1) is 0 Å². The fraction of sp³-hybridized carbons (Fsp3) is 1.00. The number of hydrogen-bond donors (Lipinski definition) is 1. The summed E-state index contributed by atoms with van der Waals surface area (Å²) in [6.45, 7) is 8.94. The van der Waals surface area contributed by atoms with Crippen molar-refractivity contribution in [3.63, 3.8) is 0 Å². The first-order valence-electron chi connectivity index (χ1n) is 5.96. The lowest BCUT2D eigenvalue weighted by atomic mass is 9.99. The minimum Gasteiger partial charge on any atom is -0.330 e. The third-order valence-electron chi connectivity index (χ3n) is 3.35. The van der Waals surface area contributed by atoms with Crippen LogP contribution in [-0.2, 0) is 0 Å². The number of nitrogens with two attached hydrogens (primary N) is 1. The van der Waals surface area contributed by atoms with E-state index >= 15 is 0 Å². The van der Waals surface area contributed by atoms with Gasteiger partial charge in [0.25, 0.3) is 0 Å². The quantitative estimate of drug-likeness (QED) is 0.610. The van der Waals surface area contributed by atoms with Gasteiger partial charge in [0.05, 0.1) is 0 Å². The first-order valence-corrected chi connectivity index (χ1v) is 5.96. The Kier molecular flexibility index (Phi) is 7.20. The molecule has 0 fully saturated rings. The van der Waals surface area contributed by atoms with E-state index in [-0.39, 0.29) is 0 Å². The van der Waals surface area contributed by atoms with Crippen LogP contribution >= 0.6 is 0 Å². The average Bonchev–Trinajstić information content (AvgIpc) is 2.17. The van der Waals surface area contributed by atoms with Crippen LogP contribution in [0.2, 0.25) is 0 Å². The van der Waals surface area contributed by atoms with Crippen LogP contribution in [0.1, 0.15) is 52.9 Å². The molecule has 2 N–H and O–H groups in total. The molecule has 0 atom stereocenters. The summed E-state index contributed by atoms with van der Waals surface area (Å²) >= 11 is 0. The first-order chi connectivity index (χ1) is 6.54. The molecule has 0 aliphatic rings. The van der Waals surface area contributed by atoms with Gasteiger partial charge in [-0.15, -0.1) is 0 Å². The number of hydrogen-bond acceptors (Lipinski definition) is 2. The average molecular weight is 200 g/mol. The van der Waals surface area contributed by atoms with Gasteiger partial charge in [0.15, 0.2) is 0 Å². The SMILES string of the molecule is CCC(C)(C)N(C)CCCCCCN. The molecule has 0 aromatic carbocycles. The zero-order chi connectivity index (χ0) is 11.0. The van der Waals surface area contributed by atoms with E-state index in [2.05, 4.69) is 32.7 Å². The summed E-state index contributed by atoms with van der Waals surface area (Å²) in [5, 5.41) is 0. The molecular weight excluding hydrogens is 172 g/mol. The van der Waals surface area contributed by atoms with E-state index < -0.39 is 0 Å². The molecule has 0 aromatic rings. The maximum absolute atomic E-state index is 5.45. The van der Waals surface area contributed by atoms with E-state index in [9.17, 15) is 0 Å². The van der Waals surface area contributed by atoms with Gasteiger partial charge >= 0.3 is 0 Å². The Hall–Kier alpha value is -0.0800. The lowest BCUT2D eigenvalue weighted by molar-refractivity contribution is 0.148. The van der Waals surface area contributed by atoms with Crippen molar-refractivity contribution in [3.05, 3.63) is 0 Å². The van der Waals surface area contributed by atoms with Crippen LogP contribution in [0.15, 0.2) is 0 Å². The van der Waals surface area contributed by atoms with E-state index in [0.717, 1.165) is 6.54 Å². The molecule has 0 radical (unpaired) electrons. The molecule has 0 aliphatic carbocycles. The fourth-order valence-electron chi connectivity index (χ4n) is 1.42. The Morgan fingerprint density at radius 1 is 1.07 bits per heavy atom. The predicted molar refractivity (Wildman–Crippen MR) is 64.5 cm³/mol. The third kappa shape index (κ3) is 5.61. The lowest BCUT2D eigenvalue weighted by Gasteiger charge is -2.34. The molecule has 0 amide bonds. The van der Waals surface area contributed by atoms with Crippen molar-refractivity contribution in [2.24, 2.45) is 5.73 Å². The number of rotatable bonds is 8. The largest absolute Gasteiger partial charge is 0.330 e. The van der Waals surface area contributed by atoms with Crippen molar-refractivity contribution >= 4 is 0 Å². The van der Waals surface area contributed by atoms with Crippen LogP contribution in [0.25, 0.3) is 0 Å². The number of unbranched alkanes of at least 4 members (excludes halogenated alkanes) is 3. The second-order valence-electron chi connectivity index (χ2n) is 4.79. The second-order valence-corrected chi connectivity index (χ2v) is 4.79. The molecule has 86 valence electrons. The normalized spacial score (nSPS) is 12.4. The van der Waals surface area contributed by atoms with E-state index in [0.29, 0.717) is 5.54 Å². The van der Waals surface area contributed by atoms with Gasteiger partial charge in [-0.2, -0.15) is 0 Å². The van der Waals surface area contributed by atoms with Crippen LogP contribution in [0.4, 0.5) is 0 Å². The Labute approximate surface area is 89.9 Å². The van der Waals surface area contributed by atoms with Crippen molar-refractivity contribution in [1.29, 1.82) is 0 Å². The van der Waals surface area contributed by atoms with Crippen molar-refractivity contribution in [2.75, 3.05) is 20.1 Å². The van der Waals surface area contributed by atoms with Gasteiger partial charge in [-0.3, -0.25) is 0 Å². The molecule has 0 aromatic heterocycles. The van der Waals surface area contributed by atoms with E-state index in [1.165, 1.54) is 38.6 Å². The third-order valence-corrected chi connectivity index (χ3v) is 3.35. The molecular formula is C12H28N2. The highest BCUT2D eigenvalue weighted by atomic mass is 15.2. The highest BCUT2D eigenvalue weighted by molar-refractivity contribution is 4.76. The summed E-state index contributed by atoms with van der Waals surface area (Å²) < 4.78 is 0. The summed E-state index contributed by atoms with van der Waals surface area (Å²) in [7, 11) is 2.23. The Morgan fingerprint density at radius 2 is 1.64 bits per heavy atom. The van der Waals surface area contributed by atoms with E-state index in [1.807, 2.05) is 0 Å². The van der Waals surface area contributed by atoms with Crippen LogP contribution in [0.3, 0.4) is 0 Å². The molecule has 0 saturated heterocycles. The minimum absolute atomic E-state index is 0.355. The van der Waals surface area contributed by atoms with Gasteiger partial charge in [-0.25, -0.2) is 0 Å². The van der Waals surface area contributed by atoms with E-state index in [4.69, 9.17) is 5.73 Å². The maximum Gasteiger partial charge on any atom is 0.0147 e. The Bertz CT molecular complexity index is 132. The number of nitrogens with zero attached hydrogens (tertiary/aromatic N) is 1. The van der Waals surface area contributed by atoms with Crippen LogP contribution in [0.5, 0.6) is 0 Å². The molecule has 2 heteroatoms. The van der Waals surface area contributed by atoms with Crippen molar-refractivity contribution < 1.29 is 0 Å². The predicted octanol–water partition coefficient (Wildman–Crippen LogP) is 2.63. The van der Waals surface area contributed by atoms with Gasteiger partial charge in [-0.05, 0) is 53.2 Å². The molecule has 0 aliphatic heterocycles. The molecule has 14 heavy (non-hydrogen) atoms. The van der Waals surface area contributed by atoms with Gasteiger partial charge in [0, 0.05) is 5.54 Å². The smallest absolute Gasteiger partial charge is 0.0147 e. The van der Waals surface area contributed by atoms with Gasteiger partial charge < -0.3 is 10.6 Å². The van der Waals surface area contributed by atoms with E-state index in [1.54, 1.807) is 0 Å². The lowest BCUT2D eigenvalue weighted by Crippen LogP contribution is -2.40. The molecule has 0 spiro atoms. The molecule has 0 saturated carbocycles. The monoisotopic (exact) mass is 200 g/mol. The highest BCUT2D eigenvalue weighted by Gasteiger charge is 2.19. The van der Waals surface area contributed by atoms with Gasteiger partial charge in [0.1, 0.15) is 0 Å². The molecule has 0 heterocycles. The van der Waals surface area contributed by atoms with Crippen LogP contribution in [-0.4, -0.2) is 30.6 Å². The zero-order valence-electron chi connectivity index (χ0n) is 10.5. The first kappa shape index (κ1) is 13.9. The Morgan fingerprint density at radius 3 is 2.14 bits per heavy atom. The van der Waals surface area contributed by atoms with Crippen molar-refractivity contribution in [2.45, 2.75) is 58.4 Å². The molecule has 0 unspecified atom stereocenters. The minimum atomic E-state index is 0.355. The zero-order valence-corrected chi connectivity index (χ0v) is 10.5. The maximum atomic E-state index is 5.45. The van der Waals surface area contributed by atoms with Gasteiger partial charge in [-0.1, -0.05) is 19.8 Å². The topological polar surface area (TPSA) is 29.3 Å². The highest BCUT2D eigenvalue weighted by Crippen LogP contribution is 2.16. The summed E-state index contributed by atoms with van der Waals surface area (Å²) in [5.74, 6) is 0. The van der Waals surface area contributed by atoms with Crippen LogP contribution < -0.4 is 5.73 Å². The summed E-state index contributed by atoms with van der Waals surface area (Å²) in [6, 6.07) is 0. The Balaban J connectivity index is 3.48. The van der Waals surface area contributed by atoms with Crippen molar-refractivity contribution in [3.8, 4) is 0 Å². The fourth-order valence-corrected chi connectivity index (χ4v) is 1.42. The summed E-state index contributed by atoms with van der Waals surface area (Å²) in [5.41, 5.74) is 5.81.